The van der Waals surface area contributed by atoms with Crippen LogP contribution < -0.4 is 15.6 Å². The van der Waals surface area contributed by atoms with Gasteiger partial charge in [-0.3, -0.25) is 9.59 Å². The number of nitrogens with one attached hydrogen (secondary N) is 1. The van der Waals surface area contributed by atoms with E-state index in [0.717, 1.165) is 4.57 Å². The lowest BCUT2D eigenvalue weighted by atomic mass is 10.2. The molecule has 4 aromatic rings. The summed E-state index contributed by atoms with van der Waals surface area (Å²) in [5, 5.41) is 3.01. The number of ether oxygens (including phenoxy) is 2. The van der Waals surface area contributed by atoms with E-state index in [4.69, 9.17) is 25.6 Å². The number of esters is 1. The highest BCUT2D eigenvalue weighted by molar-refractivity contribution is 6.32. The first-order valence-corrected chi connectivity index (χ1v) is 10.2. The van der Waals surface area contributed by atoms with Gasteiger partial charge in [-0.1, -0.05) is 35.9 Å². The van der Waals surface area contributed by atoms with Gasteiger partial charge in [0.15, 0.2) is 12.3 Å². The first-order chi connectivity index (χ1) is 15.9. The van der Waals surface area contributed by atoms with E-state index in [-0.39, 0.29) is 30.2 Å². The second kappa shape index (κ2) is 9.58. The zero-order valence-corrected chi connectivity index (χ0v) is 18.2. The highest BCUT2D eigenvalue weighted by Crippen LogP contribution is 2.23. The Morgan fingerprint density at radius 1 is 1.12 bits per heavy atom. The molecule has 10 heteroatoms. The van der Waals surface area contributed by atoms with Crippen LogP contribution in [0.25, 0.3) is 5.65 Å². The molecule has 0 bridgehead atoms. The Balaban J connectivity index is 1.41. The lowest BCUT2D eigenvalue weighted by Gasteiger charge is -2.12. The van der Waals surface area contributed by atoms with Gasteiger partial charge in [0.2, 0.25) is 0 Å². The third kappa shape index (κ3) is 5.21. The summed E-state index contributed by atoms with van der Waals surface area (Å²) < 4.78 is 17.0. The van der Waals surface area contributed by atoms with Gasteiger partial charge >= 0.3 is 5.97 Å². The Labute approximate surface area is 192 Å². The molecule has 2 aromatic carbocycles. The number of carbonyl (C=O) groups is 2. The van der Waals surface area contributed by atoms with Crippen LogP contribution in [0, 0.1) is 6.92 Å². The standard InChI is InChI=1S/C23H18ClN3O6/c1-14-10-20-25-15(11-22(29)27(20)33-14)12-32-23(30)16-6-2-4-8-18(16)26-21(28)13-31-19-9-5-3-7-17(19)24/h2-11H,12-13H2,1H3,(H,26,28). The number of fused-ring (bicyclic) bond motifs is 1. The fourth-order valence-corrected chi connectivity index (χ4v) is 3.22. The van der Waals surface area contributed by atoms with Crippen LogP contribution in [0.1, 0.15) is 21.8 Å². The molecular weight excluding hydrogens is 450 g/mol. The van der Waals surface area contributed by atoms with Crippen LogP contribution in [0.3, 0.4) is 0 Å². The summed E-state index contributed by atoms with van der Waals surface area (Å²) in [4.78, 5) is 41.3. The number of carbonyl (C=O) groups excluding carboxylic acids is 2. The predicted octanol–water partition coefficient (Wildman–Crippen LogP) is 3.62. The van der Waals surface area contributed by atoms with Crippen molar-refractivity contribution in [2.24, 2.45) is 0 Å². The van der Waals surface area contributed by atoms with Crippen LogP contribution in [-0.2, 0) is 16.1 Å². The quantitative estimate of drug-likeness (QED) is 0.413. The zero-order chi connectivity index (χ0) is 23.4. The van der Waals surface area contributed by atoms with E-state index >= 15 is 0 Å². The molecule has 0 aliphatic carbocycles. The lowest BCUT2D eigenvalue weighted by molar-refractivity contribution is -0.118. The number of benzene rings is 2. The maximum Gasteiger partial charge on any atom is 0.340 e. The number of aryl methyl sites for hydroxylation is 1. The molecule has 0 spiro atoms. The Morgan fingerprint density at radius 3 is 2.70 bits per heavy atom. The Hall–Kier alpha value is -4.11. The normalized spacial score (nSPS) is 10.7. The number of hydrogen-bond donors (Lipinski definition) is 1. The van der Waals surface area contributed by atoms with Gasteiger partial charge in [-0.2, -0.15) is 0 Å². The van der Waals surface area contributed by atoms with E-state index in [9.17, 15) is 14.4 Å². The third-order valence-electron chi connectivity index (χ3n) is 4.49. The van der Waals surface area contributed by atoms with Gasteiger partial charge in [0, 0.05) is 12.1 Å². The molecular formula is C23H18ClN3O6. The summed E-state index contributed by atoms with van der Waals surface area (Å²) in [7, 11) is 0. The SMILES string of the molecule is Cc1cc2nc(COC(=O)c3ccccc3NC(=O)COc3ccccc3Cl)cc(=O)n2o1. The van der Waals surface area contributed by atoms with E-state index < -0.39 is 17.4 Å². The van der Waals surface area contributed by atoms with Crippen LogP contribution in [0.5, 0.6) is 5.75 Å². The molecule has 1 N–H and O–H groups in total. The summed E-state index contributed by atoms with van der Waals surface area (Å²) in [6.45, 7) is 1.16. The van der Waals surface area contributed by atoms with E-state index in [1.54, 1.807) is 55.5 Å². The maximum absolute atomic E-state index is 12.6. The molecule has 0 radical (unpaired) electrons. The average molecular weight is 468 g/mol. The minimum atomic E-state index is -0.691. The first kappa shape index (κ1) is 22.1. The van der Waals surface area contributed by atoms with Gasteiger partial charge in [-0.05, 0) is 31.2 Å². The molecule has 2 heterocycles. The smallest absolute Gasteiger partial charge is 0.340 e. The van der Waals surface area contributed by atoms with Gasteiger partial charge in [0.1, 0.15) is 18.1 Å². The van der Waals surface area contributed by atoms with E-state index in [1.165, 1.54) is 12.1 Å². The number of anilines is 1. The molecule has 9 nitrogen and oxygen atoms in total. The number of halogens is 1. The van der Waals surface area contributed by atoms with Crippen molar-refractivity contribution in [1.29, 1.82) is 0 Å². The second-order valence-electron chi connectivity index (χ2n) is 6.97. The predicted molar refractivity (Wildman–Crippen MR) is 120 cm³/mol. The minimum Gasteiger partial charge on any atom is -0.482 e. The summed E-state index contributed by atoms with van der Waals surface area (Å²) in [5.41, 5.74) is 0.552. The van der Waals surface area contributed by atoms with Crippen molar-refractivity contribution in [1.82, 2.24) is 9.56 Å². The number of hydrogen-bond acceptors (Lipinski definition) is 7. The molecule has 0 saturated heterocycles. The summed E-state index contributed by atoms with van der Waals surface area (Å²) in [6.07, 6.45) is 0. The van der Waals surface area contributed by atoms with E-state index in [2.05, 4.69) is 10.3 Å². The third-order valence-corrected chi connectivity index (χ3v) is 4.80. The molecule has 0 unspecified atom stereocenters. The highest BCUT2D eigenvalue weighted by Gasteiger charge is 2.16. The van der Waals surface area contributed by atoms with Gasteiger partial charge < -0.3 is 19.3 Å². The minimum absolute atomic E-state index is 0.139. The lowest BCUT2D eigenvalue weighted by Crippen LogP contribution is -2.22. The number of amides is 1. The number of rotatable bonds is 7. The average Bonchev–Trinajstić information content (AvgIpc) is 3.18. The van der Waals surface area contributed by atoms with Crippen molar-refractivity contribution in [3.8, 4) is 5.75 Å². The summed E-state index contributed by atoms with van der Waals surface area (Å²) in [5.74, 6) is -0.277. The van der Waals surface area contributed by atoms with Gasteiger partial charge in [-0.25, -0.2) is 9.78 Å². The topological polar surface area (TPSA) is 112 Å². The van der Waals surface area contributed by atoms with Crippen LogP contribution in [0.2, 0.25) is 5.02 Å². The molecule has 0 fully saturated rings. The van der Waals surface area contributed by atoms with Gasteiger partial charge in [0.05, 0.1) is 22.0 Å². The van der Waals surface area contributed by atoms with Crippen molar-refractivity contribution in [3.63, 3.8) is 0 Å². The van der Waals surface area contributed by atoms with Crippen molar-refractivity contribution in [3.05, 3.63) is 93.1 Å². The summed E-state index contributed by atoms with van der Waals surface area (Å²) in [6, 6.07) is 16.0. The monoisotopic (exact) mass is 467 g/mol. The Bertz CT molecular complexity index is 1390. The molecule has 2 aromatic heterocycles. The fraction of sp³-hybridized carbons (Fsp3) is 0.130. The molecule has 0 aliphatic rings. The van der Waals surface area contributed by atoms with Crippen molar-refractivity contribution in [2.75, 3.05) is 11.9 Å². The highest BCUT2D eigenvalue weighted by atomic mass is 35.5. The number of para-hydroxylation sites is 2. The van der Waals surface area contributed by atoms with Crippen molar-refractivity contribution >= 4 is 34.8 Å². The molecule has 0 aliphatic heterocycles. The molecule has 0 saturated carbocycles. The van der Waals surface area contributed by atoms with Crippen molar-refractivity contribution < 1.29 is 23.6 Å². The van der Waals surface area contributed by atoms with Gasteiger partial charge in [0.25, 0.3) is 11.5 Å². The Kier molecular flexibility index (Phi) is 6.41. The largest absolute Gasteiger partial charge is 0.482 e. The van der Waals surface area contributed by atoms with Gasteiger partial charge in [-0.15, -0.1) is 4.57 Å². The molecule has 168 valence electrons. The fourth-order valence-electron chi connectivity index (χ4n) is 3.03. The maximum atomic E-state index is 12.6. The molecule has 4 rings (SSSR count). The molecule has 0 atom stereocenters. The Morgan fingerprint density at radius 2 is 1.88 bits per heavy atom. The summed E-state index contributed by atoms with van der Waals surface area (Å²) >= 11 is 6.01. The van der Waals surface area contributed by atoms with Crippen molar-refractivity contribution in [2.45, 2.75) is 13.5 Å². The molecule has 1 amide bonds. The molecule has 33 heavy (non-hydrogen) atoms. The van der Waals surface area contributed by atoms with E-state index in [1.807, 2.05) is 0 Å². The number of nitrogens with zero attached hydrogens (tertiary/aromatic N) is 2. The number of aromatic nitrogens is 2. The van der Waals surface area contributed by atoms with Crippen LogP contribution >= 0.6 is 11.6 Å². The van der Waals surface area contributed by atoms with Crippen LogP contribution in [-0.4, -0.2) is 28.0 Å². The first-order valence-electron chi connectivity index (χ1n) is 9.83. The van der Waals surface area contributed by atoms with Crippen LogP contribution in [0.4, 0.5) is 5.69 Å². The second-order valence-corrected chi connectivity index (χ2v) is 7.38. The van der Waals surface area contributed by atoms with E-state index in [0.29, 0.717) is 22.2 Å². The zero-order valence-electron chi connectivity index (χ0n) is 17.4. The van der Waals surface area contributed by atoms with Crippen LogP contribution in [0.15, 0.2) is 70.0 Å².